The number of ether oxygens (including phenoxy) is 1. The van der Waals surface area contributed by atoms with Crippen molar-refractivity contribution in [1.29, 1.82) is 0 Å². The summed E-state index contributed by atoms with van der Waals surface area (Å²) in [6, 6.07) is 12.0. The van der Waals surface area contributed by atoms with E-state index in [0.29, 0.717) is 6.61 Å². The summed E-state index contributed by atoms with van der Waals surface area (Å²) in [6.45, 7) is 0.901. The molecule has 3 nitrogen and oxygen atoms in total. The molecule has 20 heavy (non-hydrogen) atoms. The zero-order valence-electron chi connectivity index (χ0n) is 11.7. The molecule has 2 N–H and O–H groups in total. The van der Waals surface area contributed by atoms with Crippen LogP contribution in [0.25, 0.3) is 10.8 Å². The largest absolute Gasteiger partial charge is 0.493 e. The molecular formula is C17H22O3. The Bertz CT molecular complexity index is 537. The zero-order valence-corrected chi connectivity index (χ0v) is 11.7. The minimum atomic E-state index is -0.0127. The molecule has 0 atom stereocenters. The van der Waals surface area contributed by atoms with E-state index in [1.165, 1.54) is 0 Å². The van der Waals surface area contributed by atoms with Crippen LogP contribution in [-0.4, -0.2) is 23.4 Å². The highest BCUT2D eigenvalue weighted by molar-refractivity contribution is 5.87. The third kappa shape index (κ3) is 3.71. The summed E-state index contributed by atoms with van der Waals surface area (Å²) in [5, 5.41) is 20.5. The number of fused-ring (bicyclic) bond motifs is 1. The lowest BCUT2D eigenvalue weighted by Crippen LogP contribution is -2.01. The maximum atomic E-state index is 9.58. The lowest BCUT2D eigenvalue weighted by Gasteiger charge is -2.12. The first-order valence-corrected chi connectivity index (χ1v) is 7.22. The van der Waals surface area contributed by atoms with E-state index in [0.717, 1.165) is 47.8 Å². The van der Waals surface area contributed by atoms with Crippen molar-refractivity contribution in [3.05, 3.63) is 42.0 Å². The molecule has 0 heterocycles. The van der Waals surface area contributed by atoms with Gasteiger partial charge in [0.25, 0.3) is 0 Å². The summed E-state index contributed by atoms with van der Waals surface area (Å²) >= 11 is 0. The van der Waals surface area contributed by atoms with Crippen LogP contribution in [-0.2, 0) is 6.61 Å². The molecule has 3 heteroatoms. The van der Waals surface area contributed by atoms with Crippen molar-refractivity contribution in [3.8, 4) is 5.75 Å². The maximum Gasteiger partial charge on any atom is 0.125 e. The molecule has 0 aliphatic carbocycles. The molecule has 0 radical (unpaired) electrons. The van der Waals surface area contributed by atoms with Gasteiger partial charge in [-0.05, 0) is 36.1 Å². The molecule has 0 aromatic heterocycles. The van der Waals surface area contributed by atoms with Gasteiger partial charge in [-0.1, -0.05) is 36.8 Å². The van der Waals surface area contributed by atoms with Gasteiger partial charge in [-0.15, -0.1) is 0 Å². The Balaban J connectivity index is 1.99. The van der Waals surface area contributed by atoms with Crippen LogP contribution in [0.2, 0.25) is 0 Å². The van der Waals surface area contributed by atoms with E-state index in [-0.39, 0.29) is 13.2 Å². The smallest absolute Gasteiger partial charge is 0.125 e. The Morgan fingerprint density at radius 1 is 0.850 bits per heavy atom. The van der Waals surface area contributed by atoms with E-state index in [1.807, 2.05) is 36.4 Å². The second-order valence-electron chi connectivity index (χ2n) is 4.91. The molecule has 0 aliphatic heterocycles. The first kappa shape index (κ1) is 14.8. The summed E-state index contributed by atoms with van der Waals surface area (Å²) in [7, 11) is 0. The second-order valence-corrected chi connectivity index (χ2v) is 4.91. The lowest BCUT2D eigenvalue weighted by molar-refractivity contribution is 0.257. The molecule has 0 spiro atoms. The fourth-order valence-corrected chi connectivity index (χ4v) is 2.36. The van der Waals surface area contributed by atoms with E-state index in [4.69, 9.17) is 9.84 Å². The molecule has 108 valence electrons. The van der Waals surface area contributed by atoms with Gasteiger partial charge >= 0.3 is 0 Å². The highest BCUT2D eigenvalue weighted by Crippen LogP contribution is 2.28. The minimum absolute atomic E-state index is 0.0127. The molecule has 0 saturated carbocycles. The zero-order chi connectivity index (χ0) is 14.2. The molecule has 0 fully saturated rings. The van der Waals surface area contributed by atoms with Gasteiger partial charge in [0.1, 0.15) is 5.75 Å². The molecule has 0 amide bonds. The monoisotopic (exact) mass is 274 g/mol. The van der Waals surface area contributed by atoms with Crippen LogP contribution < -0.4 is 4.74 Å². The quantitative estimate of drug-likeness (QED) is 0.726. The normalized spacial score (nSPS) is 10.9. The standard InChI is InChI=1S/C17H22O3/c18-11-5-1-2-6-12-20-17-10-9-14-7-3-4-8-15(14)16(17)13-19/h3-4,7-10,18-19H,1-2,5-6,11-13H2. The number of benzene rings is 2. The van der Waals surface area contributed by atoms with Gasteiger partial charge in [0, 0.05) is 12.2 Å². The van der Waals surface area contributed by atoms with Crippen LogP contribution in [0.3, 0.4) is 0 Å². The molecular weight excluding hydrogens is 252 g/mol. The summed E-state index contributed by atoms with van der Waals surface area (Å²) in [4.78, 5) is 0. The van der Waals surface area contributed by atoms with Crippen LogP contribution >= 0.6 is 0 Å². The van der Waals surface area contributed by atoms with Crippen molar-refractivity contribution >= 4 is 10.8 Å². The number of aliphatic hydroxyl groups is 2. The minimum Gasteiger partial charge on any atom is -0.493 e. The van der Waals surface area contributed by atoms with E-state index < -0.39 is 0 Å². The number of hydrogen-bond donors (Lipinski definition) is 2. The van der Waals surface area contributed by atoms with Crippen molar-refractivity contribution < 1.29 is 14.9 Å². The average molecular weight is 274 g/mol. The summed E-state index contributed by atoms with van der Waals surface area (Å²) in [5.74, 6) is 0.772. The molecule has 0 unspecified atom stereocenters. The number of rotatable bonds is 8. The lowest BCUT2D eigenvalue weighted by atomic mass is 10.0. The topological polar surface area (TPSA) is 49.7 Å². The summed E-state index contributed by atoms with van der Waals surface area (Å²) in [6.07, 6.45) is 3.92. The van der Waals surface area contributed by atoms with Crippen molar-refractivity contribution in [2.45, 2.75) is 32.3 Å². The number of aliphatic hydroxyl groups excluding tert-OH is 2. The van der Waals surface area contributed by atoms with Crippen molar-refractivity contribution in [3.63, 3.8) is 0 Å². The van der Waals surface area contributed by atoms with Crippen molar-refractivity contribution in [2.24, 2.45) is 0 Å². The van der Waals surface area contributed by atoms with E-state index in [1.54, 1.807) is 0 Å². The predicted molar refractivity (Wildman–Crippen MR) is 80.9 cm³/mol. The highest BCUT2D eigenvalue weighted by Gasteiger charge is 2.07. The molecule has 2 aromatic rings. The molecule has 2 rings (SSSR count). The fraction of sp³-hybridized carbons (Fsp3) is 0.412. The fourth-order valence-electron chi connectivity index (χ4n) is 2.36. The Kier molecular flexibility index (Phi) is 5.84. The Morgan fingerprint density at radius 3 is 2.45 bits per heavy atom. The van der Waals surface area contributed by atoms with Gasteiger partial charge in [0.2, 0.25) is 0 Å². The summed E-state index contributed by atoms with van der Waals surface area (Å²) in [5.41, 5.74) is 0.860. The first-order chi connectivity index (χ1) is 9.86. The van der Waals surface area contributed by atoms with Gasteiger partial charge in [-0.2, -0.15) is 0 Å². The van der Waals surface area contributed by atoms with Crippen molar-refractivity contribution in [1.82, 2.24) is 0 Å². The van der Waals surface area contributed by atoms with Gasteiger partial charge in [-0.3, -0.25) is 0 Å². The molecule has 2 aromatic carbocycles. The first-order valence-electron chi connectivity index (χ1n) is 7.22. The van der Waals surface area contributed by atoms with Crippen LogP contribution in [0.15, 0.2) is 36.4 Å². The van der Waals surface area contributed by atoms with Crippen LogP contribution in [0.4, 0.5) is 0 Å². The number of hydrogen-bond acceptors (Lipinski definition) is 3. The van der Waals surface area contributed by atoms with E-state index in [9.17, 15) is 5.11 Å². The second kappa shape index (κ2) is 7.88. The highest BCUT2D eigenvalue weighted by atomic mass is 16.5. The molecule has 0 saturated heterocycles. The van der Waals surface area contributed by atoms with Crippen LogP contribution in [0.1, 0.15) is 31.2 Å². The maximum absolute atomic E-state index is 9.58. The SMILES string of the molecule is OCCCCCCOc1ccc2ccccc2c1CO. The molecule has 0 bridgehead atoms. The van der Waals surface area contributed by atoms with Gasteiger partial charge < -0.3 is 14.9 Å². The van der Waals surface area contributed by atoms with Crippen LogP contribution in [0, 0.1) is 0 Å². The van der Waals surface area contributed by atoms with E-state index >= 15 is 0 Å². The van der Waals surface area contributed by atoms with E-state index in [2.05, 4.69) is 0 Å². The van der Waals surface area contributed by atoms with Gasteiger partial charge in [0.05, 0.1) is 13.2 Å². The molecule has 0 aliphatic rings. The predicted octanol–water partition coefficient (Wildman–Crippen LogP) is 3.26. The summed E-state index contributed by atoms with van der Waals surface area (Å²) < 4.78 is 5.79. The number of unbranched alkanes of at least 4 members (excludes halogenated alkanes) is 3. The van der Waals surface area contributed by atoms with Gasteiger partial charge in [-0.25, -0.2) is 0 Å². The van der Waals surface area contributed by atoms with Crippen molar-refractivity contribution in [2.75, 3.05) is 13.2 Å². The van der Waals surface area contributed by atoms with Crippen LogP contribution in [0.5, 0.6) is 5.75 Å². The van der Waals surface area contributed by atoms with Gasteiger partial charge in [0.15, 0.2) is 0 Å². The third-order valence-corrected chi connectivity index (χ3v) is 3.47. The third-order valence-electron chi connectivity index (χ3n) is 3.47. The Hall–Kier alpha value is -1.58. The Morgan fingerprint density at radius 2 is 1.65 bits per heavy atom. The Labute approximate surface area is 119 Å². The average Bonchev–Trinajstić information content (AvgIpc) is 2.50.